The lowest BCUT2D eigenvalue weighted by molar-refractivity contribution is 0.423. The standard InChI is InChI=1S/C28H30N2O/c1-17-24(21-14-10-12-18-11-8-9-13-20(18)21)30-26(29-17)19-15-22(27(2,3)4)25(31)23(16-19)28(5,6)7/h8-16,31H,1H2,2-7H3. The summed E-state index contributed by atoms with van der Waals surface area (Å²) < 4.78 is 0. The third-order valence-electron chi connectivity index (χ3n) is 5.76. The molecule has 0 spiro atoms. The Balaban J connectivity index is 1.88. The van der Waals surface area contributed by atoms with E-state index in [0.29, 0.717) is 17.3 Å². The van der Waals surface area contributed by atoms with Gasteiger partial charge in [-0.2, -0.15) is 0 Å². The summed E-state index contributed by atoms with van der Waals surface area (Å²) in [6.07, 6.45) is 0. The van der Waals surface area contributed by atoms with Crippen LogP contribution in [-0.4, -0.2) is 16.7 Å². The number of amidine groups is 1. The monoisotopic (exact) mass is 410 g/mol. The van der Waals surface area contributed by atoms with Crippen molar-refractivity contribution < 1.29 is 5.11 Å². The quantitative estimate of drug-likeness (QED) is 0.490. The van der Waals surface area contributed by atoms with Crippen LogP contribution < -0.4 is 0 Å². The molecule has 0 saturated heterocycles. The van der Waals surface area contributed by atoms with Gasteiger partial charge < -0.3 is 5.11 Å². The maximum atomic E-state index is 11.0. The molecule has 3 aromatic carbocycles. The van der Waals surface area contributed by atoms with Crippen LogP contribution in [0, 0.1) is 0 Å². The lowest BCUT2D eigenvalue weighted by Crippen LogP contribution is -2.18. The van der Waals surface area contributed by atoms with Gasteiger partial charge in [0, 0.05) is 22.3 Å². The predicted octanol–water partition coefficient (Wildman–Crippen LogP) is 6.90. The van der Waals surface area contributed by atoms with Gasteiger partial charge >= 0.3 is 0 Å². The fraction of sp³-hybridized carbons (Fsp3) is 0.286. The van der Waals surface area contributed by atoms with Crippen LogP contribution in [-0.2, 0) is 10.8 Å². The Kier molecular flexibility index (Phi) is 4.88. The van der Waals surface area contributed by atoms with Crippen LogP contribution in [0.2, 0.25) is 0 Å². The van der Waals surface area contributed by atoms with Crippen LogP contribution in [0.4, 0.5) is 0 Å². The molecule has 0 aromatic heterocycles. The molecule has 0 radical (unpaired) electrons. The zero-order chi connectivity index (χ0) is 22.6. The first kappa shape index (κ1) is 21.0. The molecule has 1 N–H and O–H groups in total. The summed E-state index contributed by atoms with van der Waals surface area (Å²) >= 11 is 0. The van der Waals surface area contributed by atoms with Crippen LogP contribution in [0.25, 0.3) is 10.8 Å². The van der Waals surface area contributed by atoms with Gasteiger partial charge in [-0.05, 0) is 33.7 Å². The van der Waals surface area contributed by atoms with E-state index in [1.165, 1.54) is 5.39 Å². The van der Waals surface area contributed by atoms with Crippen LogP contribution in [0.3, 0.4) is 0 Å². The average Bonchev–Trinajstić information content (AvgIpc) is 3.07. The minimum Gasteiger partial charge on any atom is -0.507 e. The number of aromatic hydroxyl groups is 1. The highest BCUT2D eigenvalue weighted by Gasteiger charge is 2.28. The van der Waals surface area contributed by atoms with Crippen LogP contribution in [0.15, 0.2) is 76.9 Å². The first-order valence-corrected chi connectivity index (χ1v) is 10.7. The molecule has 0 saturated carbocycles. The van der Waals surface area contributed by atoms with Gasteiger partial charge in [-0.25, -0.2) is 9.98 Å². The Bertz CT molecular complexity index is 1220. The molecular weight excluding hydrogens is 380 g/mol. The second kappa shape index (κ2) is 7.19. The van der Waals surface area contributed by atoms with Gasteiger partial charge in [0.05, 0.1) is 11.4 Å². The third kappa shape index (κ3) is 3.81. The molecule has 158 valence electrons. The third-order valence-corrected chi connectivity index (χ3v) is 5.76. The highest BCUT2D eigenvalue weighted by molar-refractivity contribution is 6.27. The smallest absolute Gasteiger partial charge is 0.160 e. The molecular formula is C28H30N2O. The maximum absolute atomic E-state index is 11.0. The molecule has 31 heavy (non-hydrogen) atoms. The van der Waals surface area contributed by atoms with E-state index in [9.17, 15) is 5.11 Å². The van der Waals surface area contributed by atoms with Crippen LogP contribution >= 0.6 is 0 Å². The molecule has 3 heteroatoms. The van der Waals surface area contributed by atoms with Crippen molar-refractivity contribution in [2.24, 2.45) is 9.98 Å². The summed E-state index contributed by atoms with van der Waals surface area (Å²) in [4.78, 5) is 9.66. The molecule has 3 aromatic rings. The van der Waals surface area contributed by atoms with Crippen molar-refractivity contribution in [3.05, 3.63) is 89.1 Å². The van der Waals surface area contributed by atoms with Crippen LogP contribution in [0.1, 0.15) is 63.8 Å². The second-order valence-electron chi connectivity index (χ2n) is 10.3. The number of rotatable bonds is 2. The second-order valence-corrected chi connectivity index (χ2v) is 10.3. The van der Waals surface area contributed by atoms with E-state index in [4.69, 9.17) is 9.98 Å². The molecule has 0 unspecified atom stereocenters. The number of hydrogen-bond acceptors (Lipinski definition) is 3. The minimum atomic E-state index is -0.210. The van der Waals surface area contributed by atoms with Gasteiger partial charge in [-0.3, -0.25) is 0 Å². The molecule has 1 aliphatic rings. The Morgan fingerprint density at radius 2 is 1.35 bits per heavy atom. The number of hydrogen-bond donors (Lipinski definition) is 1. The number of phenolic OH excluding ortho intramolecular Hbond substituents is 1. The lowest BCUT2D eigenvalue weighted by Gasteiger charge is -2.28. The number of phenols is 1. The van der Waals surface area contributed by atoms with Crippen molar-refractivity contribution in [2.75, 3.05) is 0 Å². The van der Waals surface area contributed by atoms with Crippen molar-refractivity contribution >= 4 is 22.3 Å². The molecule has 1 heterocycles. The molecule has 0 amide bonds. The van der Waals surface area contributed by atoms with Crippen molar-refractivity contribution in [1.29, 1.82) is 0 Å². The predicted molar refractivity (Wildman–Crippen MR) is 132 cm³/mol. The van der Waals surface area contributed by atoms with E-state index >= 15 is 0 Å². The number of nitrogens with zero attached hydrogens (tertiary/aromatic N) is 2. The summed E-state index contributed by atoms with van der Waals surface area (Å²) in [7, 11) is 0. The van der Waals surface area contributed by atoms with Gasteiger partial charge in [-0.15, -0.1) is 0 Å². The Labute approximate surface area is 184 Å². The lowest BCUT2D eigenvalue weighted by atomic mass is 9.78. The molecule has 4 rings (SSSR count). The number of fused-ring (bicyclic) bond motifs is 1. The summed E-state index contributed by atoms with van der Waals surface area (Å²) in [5, 5.41) is 13.3. The number of aliphatic imine (C=N–C) groups is 2. The van der Waals surface area contributed by atoms with Crippen LogP contribution in [0.5, 0.6) is 5.75 Å². The van der Waals surface area contributed by atoms with E-state index < -0.39 is 0 Å². The highest BCUT2D eigenvalue weighted by Crippen LogP contribution is 2.40. The average molecular weight is 411 g/mol. The Morgan fingerprint density at radius 1 is 0.774 bits per heavy atom. The van der Waals surface area contributed by atoms with E-state index in [-0.39, 0.29) is 10.8 Å². The SMILES string of the molecule is C=C1N=C(c2cc(C(C)(C)C)c(O)c(C(C)(C)C)c2)N=C1c1cccc2ccccc12. The molecule has 0 aliphatic carbocycles. The first-order valence-electron chi connectivity index (χ1n) is 10.7. The molecule has 0 fully saturated rings. The molecule has 3 nitrogen and oxygen atoms in total. The number of allylic oxidation sites excluding steroid dienone is 1. The largest absolute Gasteiger partial charge is 0.507 e. The van der Waals surface area contributed by atoms with Crippen molar-refractivity contribution in [2.45, 2.75) is 52.4 Å². The van der Waals surface area contributed by atoms with Crippen molar-refractivity contribution in [3.8, 4) is 5.75 Å². The van der Waals surface area contributed by atoms with Crippen molar-refractivity contribution in [1.82, 2.24) is 0 Å². The normalized spacial score (nSPS) is 14.7. The Morgan fingerprint density at radius 3 is 1.97 bits per heavy atom. The van der Waals surface area contributed by atoms with Gasteiger partial charge in [0.2, 0.25) is 0 Å². The summed E-state index contributed by atoms with van der Waals surface area (Å²) in [5.41, 5.74) is 4.78. The van der Waals surface area contributed by atoms with Gasteiger partial charge in [0.15, 0.2) is 5.84 Å². The van der Waals surface area contributed by atoms with E-state index in [0.717, 1.165) is 33.4 Å². The zero-order valence-corrected chi connectivity index (χ0v) is 19.2. The first-order chi connectivity index (χ1) is 14.5. The zero-order valence-electron chi connectivity index (χ0n) is 19.2. The summed E-state index contributed by atoms with van der Waals surface area (Å²) in [6.45, 7) is 16.8. The number of benzene rings is 3. The summed E-state index contributed by atoms with van der Waals surface area (Å²) in [5.74, 6) is 1.00. The van der Waals surface area contributed by atoms with Gasteiger partial charge in [0.25, 0.3) is 0 Å². The fourth-order valence-corrected chi connectivity index (χ4v) is 4.06. The molecule has 0 atom stereocenters. The maximum Gasteiger partial charge on any atom is 0.160 e. The molecule has 1 aliphatic heterocycles. The highest BCUT2D eigenvalue weighted by atomic mass is 16.3. The Hall–Kier alpha value is -3.20. The van der Waals surface area contributed by atoms with E-state index in [1.807, 2.05) is 30.3 Å². The fourth-order valence-electron chi connectivity index (χ4n) is 4.06. The van der Waals surface area contributed by atoms with E-state index in [2.05, 4.69) is 72.4 Å². The summed E-state index contributed by atoms with van der Waals surface area (Å²) in [6, 6.07) is 18.5. The van der Waals surface area contributed by atoms with Crippen molar-refractivity contribution in [3.63, 3.8) is 0 Å². The molecule has 0 bridgehead atoms. The van der Waals surface area contributed by atoms with Gasteiger partial charge in [-0.1, -0.05) is 90.6 Å². The topological polar surface area (TPSA) is 45.0 Å². The van der Waals surface area contributed by atoms with Gasteiger partial charge in [0.1, 0.15) is 5.75 Å². The minimum absolute atomic E-state index is 0.210. The van der Waals surface area contributed by atoms with E-state index in [1.54, 1.807) is 0 Å².